The number of likely N-dealkylation sites (tertiary alicyclic amines) is 1. The van der Waals surface area contributed by atoms with Gasteiger partial charge in [-0.05, 0) is 76.4 Å². The molecular weight excluding hydrogens is 522 g/mol. The van der Waals surface area contributed by atoms with E-state index < -0.39 is 0 Å². The van der Waals surface area contributed by atoms with Crippen LogP contribution in [0.25, 0.3) is 27.6 Å². The number of aromatic amines is 1. The zero-order chi connectivity index (χ0) is 27.4. The molecule has 3 fully saturated rings. The van der Waals surface area contributed by atoms with E-state index in [-0.39, 0.29) is 5.92 Å². The summed E-state index contributed by atoms with van der Waals surface area (Å²) in [5.74, 6) is 1.54. The van der Waals surface area contributed by atoms with Gasteiger partial charge < -0.3 is 14.4 Å². The van der Waals surface area contributed by atoms with Gasteiger partial charge in [-0.3, -0.25) is 5.10 Å². The molecule has 4 aromatic heterocycles. The number of aryl methyl sites for hydroxylation is 1. The highest BCUT2D eigenvalue weighted by Crippen LogP contribution is 2.45. The Balaban J connectivity index is 1.11. The predicted molar refractivity (Wildman–Crippen MR) is 156 cm³/mol. The highest BCUT2D eigenvalue weighted by molar-refractivity contribution is 7.15. The number of nitrogens with one attached hydrogen (secondary N) is 1. The van der Waals surface area contributed by atoms with Crippen molar-refractivity contribution in [3.05, 3.63) is 34.7 Å². The Hall–Kier alpha value is -2.82. The van der Waals surface area contributed by atoms with Crippen molar-refractivity contribution < 1.29 is 9.47 Å². The Bertz CT molecular complexity index is 1500. The number of H-pyrrole nitrogens is 1. The van der Waals surface area contributed by atoms with Gasteiger partial charge in [0.2, 0.25) is 0 Å². The minimum Gasteiger partial charge on any atom is -0.493 e. The van der Waals surface area contributed by atoms with E-state index in [9.17, 15) is 0 Å². The lowest BCUT2D eigenvalue weighted by Crippen LogP contribution is -2.53. The van der Waals surface area contributed by atoms with Gasteiger partial charge >= 0.3 is 0 Å². The van der Waals surface area contributed by atoms with Gasteiger partial charge in [-0.2, -0.15) is 10.2 Å². The first-order valence-corrected chi connectivity index (χ1v) is 15.5. The Morgan fingerprint density at radius 1 is 1.15 bits per heavy atom. The van der Waals surface area contributed by atoms with Crippen LogP contribution in [0, 0.1) is 12.3 Å². The van der Waals surface area contributed by atoms with E-state index in [1.165, 1.54) is 67.7 Å². The molecule has 10 heteroatoms. The molecule has 6 heterocycles. The van der Waals surface area contributed by atoms with Crippen LogP contribution < -0.4 is 4.74 Å². The predicted octanol–water partition coefficient (Wildman–Crippen LogP) is 5.82. The summed E-state index contributed by atoms with van der Waals surface area (Å²) in [5.41, 5.74) is 6.45. The first-order chi connectivity index (χ1) is 19.4. The van der Waals surface area contributed by atoms with E-state index in [0.717, 1.165) is 41.2 Å². The average molecular weight is 562 g/mol. The molecule has 4 aromatic rings. The normalized spacial score (nSPS) is 23.2. The number of ether oxygens (including phenoxy) is 2. The van der Waals surface area contributed by atoms with Crippen molar-refractivity contribution in [2.45, 2.75) is 77.2 Å². The fraction of sp³-hybridized carbons (Fsp3) is 0.600. The molecule has 1 N–H and O–H groups in total. The Labute approximate surface area is 239 Å². The lowest BCUT2D eigenvalue weighted by atomic mass is 9.75. The quantitative estimate of drug-likeness (QED) is 0.317. The maximum absolute atomic E-state index is 5.61. The minimum absolute atomic E-state index is 0.263. The summed E-state index contributed by atoms with van der Waals surface area (Å²) < 4.78 is 12.9. The molecule has 212 valence electrons. The van der Waals surface area contributed by atoms with Crippen LogP contribution in [-0.4, -0.2) is 74.1 Å². The van der Waals surface area contributed by atoms with Gasteiger partial charge in [-0.25, -0.2) is 14.5 Å². The summed E-state index contributed by atoms with van der Waals surface area (Å²) in [4.78, 5) is 13.6. The van der Waals surface area contributed by atoms with Gasteiger partial charge in [0.1, 0.15) is 17.0 Å². The standard InChI is InChI=1S/C30H39N7O2S/c1-18(2)24-25(21-13-23(38-4)28-31-17-32-37(28)14-21)34-35-26(24)29-33-19(3)27(40-29)20-5-7-22(8-6-20)36-11-9-30(10-12-36)15-39-16-30/h13-14,17-18,20,22H,5-12,15-16H2,1-4H3,(H,34,35). The molecular formula is C30H39N7O2S. The van der Waals surface area contributed by atoms with Crippen LogP contribution >= 0.6 is 11.3 Å². The molecule has 0 bridgehead atoms. The zero-order valence-electron chi connectivity index (χ0n) is 23.9. The number of nitrogens with zero attached hydrogens (tertiary/aromatic N) is 6. The molecule has 1 aliphatic carbocycles. The van der Waals surface area contributed by atoms with Gasteiger partial charge in [0, 0.05) is 33.7 Å². The van der Waals surface area contributed by atoms with Crippen molar-refractivity contribution in [3.8, 4) is 27.7 Å². The van der Waals surface area contributed by atoms with Crippen molar-refractivity contribution in [1.82, 2.24) is 34.7 Å². The molecule has 1 spiro atoms. The summed E-state index contributed by atoms with van der Waals surface area (Å²) in [6.07, 6.45) is 11.2. The molecule has 0 aromatic carbocycles. The number of fused-ring (bicyclic) bond motifs is 1. The SMILES string of the molecule is COc1cc(-c2[nH]nc(-c3nc(C)c(C4CCC(N5CCC6(CC5)COC6)CC4)s3)c2C(C)C)cn2ncnc12. The molecule has 3 aliphatic rings. The van der Waals surface area contributed by atoms with Crippen LogP contribution in [0.4, 0.5) is 0 Å². The van der Waals surface area contributed by atoms with Crippen molar-refractivity contribution in [2.75, 3.05) is 33.4 Å². The van der Waals surface area contributed by atoms with Crippen molar-refractivity contribution in [1.29, 1.82) is 0 Å². The first kappa shape index (κ1) is 26.1. The molecule has 0 atom stereocenters. The van der Waals surface area contributed by atoms with E-state index in [0.29, 0.717) is 22.7 Å². The number of hydrogen-bond donors (Lipinski definition) is 1. The van der Waals surface area contributed by atoms with E-state index in [4.69, 9.17) is 19.6 Å². The summed E-state index contributed by atoms with van der Waals surface area (Å²) in [7, 11) is 1.66. The lowest BCUT2D eigenvalue weighted by Gasteiger charge is -2.49. The zero-order valence-corrected chi connectivity index (χ0v) is 24.8. The topological polar surface area (TPSA) is 93.5 Å². The summed E-state index contributed by atoms with van der Waals surface area (Å²) in [6, 6.07) is 2.75. The molecule has 0 amide bonds. The number of piperidine rings is 1. The smallest absolute Gasteiger partial charge is 0.197 e. The highest BCUT2D eigenvalue weighted by atomic mass is 32.1. The summed E-state index contributed by atoms with van der Waals surface area (Å²) >= 11 is 1.84. The molecule has 2 aliphatic heterocycles. The third kappa shape index (κ3) is 4.44. The van der Waals surface area contributed by atoms with Crippen LogP contribution in [0.1, 0.15) is 80.3 Å². The number of methoxy groups -OCH3 is 1. The second kappa shape index (κ2) is 10.2. The Kier molecular flexibility index (Phi) is 6.67. The van der Waals surface area contributed by atoms with Crippen LogP contribution in [0.2, 0.25) is 0 Å². The van der Waals surface area contributed by atoms with Crippen molar-refractivity contribution in [2.24, 2.45) is 5.41 Å². The fourth-order valence-corrected chi connectivity index (χ4v) is 8.35. The molecule has 1 saturated carbocycles. The van der Waals surface area contributed by atoms with Crippen molar-refractivity contribution >= 4 is 17.0 Å². The van der Waals surface area contributed by atoms with Crippen LogP contribution in [0.3, 0.4) is 0 Å². The monoisotopic (exact) mass is 561 g/mol. The van der Waals surface area contributed by atoms with Gasteiger partial charge in [0.25, 0.3) is 0 Å². The minimum atomic E-state index is 0.263. The molecule has 0 unspecified atom stereocenters. The van der Waals surface area contributed by atoms with Gasteiger partial charge in [0.05, 0.1) is 31.7 Å². The van der Waals surface area contributed by atoms with E-state index in [2.05, 4.69) is 40.9 Å². The lowest BCUT2D eigenvalue weighted by molar-refractivity contribution is -0.143. The van der Waals surface area contributed by atoms with Crippen LogP contribution in [-0.2, 0) is 4.74 Å². The Morgan fingerprint density at radius 3 is 2.60 bits per heavy atom. The number of hydrogen-bond acceptors (Lipinski definition) is 8. The van der Waals surface area contributed by atoms with Crippen molar-refractivity contribution in [3.63, 3.8) is 0 Å². The molecule has 2 saturated heterocycles. The summed E-state index contributed by atoms with van der Waals surface area (Å²) in [6.45, 7) is 11.1. The molecule has 40 heavy (non-hydrogen) atoms. The number of pyridine rings is 1. The maximum Gasteiger partial charge on any atom is 0.197 e. The van der Waals surface area contributed by atoms with Gasteiger partial charge in [-0.15, -0.1) is 11.3 Å². The number of rotatable bonds is 6. The third-order valence-corrected chi connectivity index (χ3v) is 10.9. The Morgan fingerprint density at radius 2 is 1.93 bits per heavy atom. The molecule has 9 nitrogen and oxygen atoms in total. The van der Waals surface area contributed by atoms with Gasteiger partial charge in [0.15, 0.2) is 11.4 Å². The van der Waals surface area contributed by atoms with E-state index in [1.54, 1.807) is 18.0 Å². The summed E-state index contributed by atoms with van der Waals surface area (Å²) in [5, 5.41) is 13.5. The maximum atomic E-state index is 5.61. The van der Waals surface area contributed by atoms with Crippen LogP contribution in [0.5, 0.6) is 5.75 Å². The van der Waals surface area contributed by atoms with Gasteiger partial charge in [-0.1, -0.05) is 13.8 Å². The first-order valence-electron chi connectivity index (χ1n) is 14.7. The number of aromatic nitrogens is 6. The molecule has 0 radical (unpaired) electrons. The fourth-order valence-electron chi connectivity index (χ4n) is 7.11. The molecule has 7 rings (SSSR count). The van der Waals surface area contributed by atoms with E-state index in [1.807, 2.05) is 23.6 Å². The third-order valence-electron chi connectivity index (χ3n) is 9.53. The second-order valence-corrected chi connectivity index (χ2v) is 13.4. The average Bonchev–Trinajstić information content (AvgIpc) is 3.70. The second-order valence-electron chi connectivity index (χ2n) is 12.3. The van der Waals surface area contributed by atoms with Crippen LogP contribution in [0.15, 0.2) is 18.6 Å². The highest BCUT2D eigenvalue weighted by Gasteiger charge is 2.42. The largest absolute Gasteiger partial charge is 0.493 e. The van der Waals surface area contributed by atoms with E-state index >= 15 is 0 Å². The number of thiazole rings is 1.